The minimum atomic E-state index is 0.556. The lowest BCUT2D eigenvalue weighted by atomic mass is 10.1. The Kier molecular flexibility index (Phi) is 6.05. The van der Waals surface area contributed by atoms with E-state index in [-0.39, 0.29) is 0 Å². The van der Waals surface area contributed by atoms with E-state index in [1.807, 2.05) is 36.5 Å². The van der Waals surface area contributed by atoms with Crippen LogP contribution in [0.2, 0.25) is 0 Å². The van der Waals surface area contributed by atoms with Gasteiger partial charge in [0.2, 0.25) is 5.88 Å². The number of pyridine rings is 2. The predicted octanol–water partition coefficient (Wildman–Crippen LogP) is 10.2. The van der Waals surface area contributed by atoms with Crippen LogP contribution in [0.25, 0.3) is 24.3 Å². The van der Waals surface area contributed by atoms with Crippen molar-refractivity contribution in [2.75, 3.05) is 9.80 Å². The van der Waals surface area contributed by atoms with Gasteiger partial charge in [-0.15, -0.1) is 0 Å². The molecule has 4 heterocycles. The summed E-state index contributed by atoms with van der Waals surface area (Å²) in [6.07, 6.45) is 12.2. The Labute approximate surface area is 250 Å². The Balaban J connectivity index is 1.30. The number of hydrogen-bond donors (Lipinski definition) is 0. The lowest BCUT2D eigenvalue weighted by Gasteiger charge is -2.30. The fraction of sp³-hybridized carbons (Fsp3) is 0. The van der Waals surface area contributed by atoms with Gasteiger partial charge in [0.15, 0.2) is 0 Å². The number of aromatic nitrogens is 2. The second-order valence-electron chi connectivity index (χ2n) is 10.4. The number of anilines is 6. The van der Waals surface area contributed by atoms with Crippen LogP contribution in [-0.2, 0) is 0 Å². The van der Waals surface area contributed by atoms with Crippen LogP contribution in [0.3, 0.4) is 0 Å². The van der Waals surface area contributed by atoms with Crippen LogP contribution in [0, 0.1) is 0 Å². The molecule has 8 rings (SSSR count). The maximum absolute atomic E-state index is 6.18. The highest BCUT2D eigenvalue weighted by molar-refractivity contribution is 5.96. The molecule has 4 aromatic carbocycles. The number of nitrogens with zero attached hydrogens (tertiary/aromatic N) is 4. The van der Waals surface area contributed by atoms with Gasteiger partial charge in [-0.3, -0.25) is 4.90 Å². The van der Waals surface area contributed by atoms with Crippen LogP contribution >= 0.6 is 0 Å². The second-order valence-corrected chi connectivity index (χ2v) is 10.4. The highest BCUT2D eigenvalue weighted by atomic mass is 16.5. The molecule has 0 aliphatic carbocycles. The monoisotopic (exact) mass is 554 g/mol. The molecule has 0 fully saturated rings. The largest absolute Gasteiger partial charge is 0.439 e. The molecule has 5 nitrogen and oxygen atoms in total. The van der Waals surface area contributed by atoms with Gasteiger partial charge in [0, 0.05) is 41.5 Å². The van der Waals surface area contributed by atoms with E-state index in [2.05, 4.69) is 130 Å². The van der Waals surface area contributed by atoms with E-state index in [4.69, 9.17) is 9.72 Å². The van der Waals surface area contributed by atoms with Gasteiger partial charge in [-0.25, -0.2) is 9.97 Å². The summed E-state index contributed by atoms with van der Waals surface area (Å²) in [7, 11) is 0. The summed E-state index contributed by atoms with van der Waals surface area (Å²) in [6.45, 7) is 0. The van der Waals surface area contributed by atoms with Gasteiger partial charge in [0.05, 0.1) is 17.1 Å². The van der Waals surface area contributed by atoms with Gasteiger partial charge < -0.3 is 9.64 Å². The smallest absolute Gasteiger partial charge is 0.219 e. The lowest BCUT2D eigenvalue weighted by molar-refractivity contribution is 0.463. The molecule has 2 aliphatic heterocycles. The van der Waals surface area contributed by atoms with Crippen LogP contribution in [0.5, 0.6) is 11.6 Å². The minimum absolute atomic E-state index is 0.556. The van der Waals surface area contributed by atoms with Gasteiger partial charge in [-0.05, 0) is 77.4 Å². The molecule has 0 saturated heterocycles. The number of benzene rings is 4. The summed E-state index contributed by atoms with van der Waals surface area (Å²) < 4.78 is 6.18. The Morgan fingerprint density at radius 1 is 0.442 bits per heavy atom. The highest BCUT2D eigenvalue weighted by Crippen LogP contribution is 2.46. The topological polar surface area (TPSA) is 41.5 Å². The van der Waals surface area contributed by atoms with Crippen molar-refractivity contribution in [3.63, 3.8) is 0 Å². The molecule has 204 valence electrons. The van der Waals surface area contributed by atoms with Gasteiger partial charge >= 0.3 is 0 Å². The highest BCUT2D eigenvalue weighted by Gasteiger charge is 2.24. The van der Waals surface area contributed by atoms with E-state index < -0.39 is 0 Å². The fourth-order valence-electron chi connectivity index (χ4n) is 5.75. The number of rotatable bonds is 4. The third-order valence-electron chi connectivity index (χ3n) is 7.72. The molecule has 0 atom stereocenters. The van der Waals surface area contributed by atoms with E-state index in [9.17, 15) is 0 Å². The van der Waals surface area contributed by atoms with Gasteiger partial charge in [0.1, 0.15) is 11.6 Å². The van der Waals surface area contributed by atoms with Gasteiger partial charge in [0.25, 0.3) is 0 Å². The molecule has 6 aromatic rings. The maximum atomic E-state index is 6.18. The zero-order valence-corrected chi connectivity index (χ0v) is 23.2. The van der Waals surface area contributed by atoms with Crippen molar-refractivity contribution in [1.29, 1.82) is 0 Å². The van der Waals surface area contributed by atoms with Crippen molar-refractivity contribution in [2.45, 2.75) is 0 Å². The molecule has 2 aromatic heterocycles. The molecular formula is C38H26N4O. The average Bonchev–Trinajstić information content (AvgIpc) is 3.33. The summed E-state index contributed by atoms with van der Waals surface area (Å²) in [4.78, 5) is 13.8. The maximum Gasteiger partial charge on any atom is 0.219 e. The van der Waals surface area contributed by atoms with Crippen LogP contribution in [0.4, 0.5) is 34.3 Å². The van der Waals surface area contributed by atoms with E-state index in [1.165, 1.54) is 0 Å². The zero-order valence-electron chi connectivity index (χ0n) is 23.2. The molecule has 43 heavy (non-hydrogen) atoms. The molecule has 0 unspecified atom stereocenters. The number of hydrogen-bond acceptors (Lipinski definition) is 5. The first-order valence-electron chi connectivity index (χ1n) is 14.2. The first-order chi connectivity index (χ1) is 21.3. The summed E-state index contributed by atoms with van der Waals surface area (Å²) in [5.74, 6) is 2.17. The van der Waals surface area contributed by atoms with E-state index in [0.717, 1.165) is 62.3 Å². The normalized spacial score (nSPS) is 12.8. The summed E-state index contributed by atoms with van der Waals surface area (Å²) in [6, 6.07) is 41.5. The SMILES string of the molecule is C1=Cc2ccc(Oc3ccccn3)cc2N(c2cccc(N3c4ccccc4C=Cc4cccnc43)c2)c2ccccc21. The van der Waals surface area contributed by atoms with E-state index in [0.29, 0.717) is 5.88 Å². The zero-order chi connectivity index (χ0) is 28.6. The summed E-state index contributed by atoms with van der Waals surface area (Å²) in [5, 5.41) is 0. The van der Waals surface area contributed by atoms with Crippen LogP contribution in [0.15, 0.2) is 134 Å². The van der Waals surface area contributed by atoms with Crippen LogP contribution < -0.4 is 14.5 Å². The Morgan fingerprint density at radius 3 is 1.84 bits per heavy atom. The number of ether oxygens (including phenoxy) is 1. The number of para-hydroxylation sites is 2. The first-order valence-corrected chi connectivity index (χ1v) is 14.2. The molecular weight excluding hydrogens is 528 g/mol. The first kappa shape index (κ1) is 24.8. The van der Waals surface area contributed by atoms with Crippen molar-refractivity contribution in [3.05, 3.63) is 156 Å². The average molecular weight is 555 g/mol. The van der Waals surface area contributed by atoms with E-state index >= 15 is 0 Å². The summed E-state index contributed by atoms with van der Waals surface area (Å²) in [5.41, 5.74) is 9.65. The lowest BCUT2D eigenvalue weighted by Crippen LogP contribution is -2.15. The third-order valence-corrected chi connectivity index (χ3v) is 7.72. The van der Waals surface area contributed by atoms with Crippen LogP contribution in [0.1, 0.15) is 22.3 Å². The fourth-order valence-corrected chi connectivity index (χ4v) is 5.75. The minimum Gasteiger partial charge on any atom is -0.439 e. The molecule has 2 aliphatic rings. The standard InChI is InChI=1S/C38H26N4O/c1-3-14-34-27(9-1)17-18-29-21-22-33(43-37-16-5-6-23-39-37)26-36(29)41(34)31-12-7-13-32(25-31)42-35-15-4-2-10-28(35)19-20-30-11-8-24-40-38(30)42/h1-26H. The number of fused-ring (bicyclic) bond motifs is 4. The quantitative estimate of drug-likeness (QED) is 0.216. The van der Waals surface area contributed by atoms with Crippen molar-refractivity contribution in [3.8, 4) is 11.6 Å². The van der Waals surface area contributed by atoms with Gasteiger partial charge in [-0.2, -0.15) is 0 Å². The predicted molar refractivity (Wildman–Crippen MR) is 176 cm³/mol. The molecule has 0 saturated carbocycles. The molecule has 0 bridgehead atoms. The van der Waals surface area contributed by atoms with Crippen molar-refractivity contribution >= 4 is 58.6 Å². The second kappa shape index (κ2) is 10.5. The third kappa shape index (κ3) is 4.53. The molecule has 0 N–H and O–H groups in total. The van der Waals surface area contributed by atoms with Gasteiger partial charge in [-0.1, -0.05) is 72.8 Å². The Hall–Kier alpha value is -5.94. The summed E-state index contributed by atoms with van der Waals surface area (Å²) >= 11 is 0. The van der Waals surface area contributed by atoms with E-state index in [1.54, 1.807) is 6.20 Å². The molecule has 0 spiro atoms. The van der Waals surface area contributed by atoms with Crippen molar-refractivity contribution in [1.82, 2.24) is 9.97 Å². The Bertz CT molecular complexity index is 1980. The van der Waals surface area contributed by atoms with Crippen LogP contribution in [-0.4, -0.2) is 9.97 Å². The molecule has 0 amide bonds. The molecule has 5 heteroatoms. The van der Waals surface area contributed by atoms with Crippen molar-refractivity contribution in [2.24, 2.45) is 0 Å². The van der Waals surface area contributed by atoms with Crippen molar-refractivity contribution < 1.29 is 4.74 Å². The Morgan fingerprint density at radius 2 is 1.07 bits per heavy atom. The molecule has 0 radical (unpaired) electrons.